The number of thiophene rings is 1. The minimum absolute atomic E-state index is 0.121. The van der Waals surface area contributed by atoms with E-state index in [1.54, 1.807) is 0 Å². The number of carboxylic acid groups (broad SMARTS) is 1. The molecule has 4 nitrogen and oxygen atoms in total. The Morgan fingerprint density at radius 1 is 1.14 bits per heavy atom. The van der Waals surface area contributed by atoms with Gasteiger partial charge in [0.05, 0.1) is 5.69 Å². The third-order valence-corrected chi connectivity index (χ3v) is 7.45. The van der Waals surface area contributed by atoms with Gasteiger partial charge in [0, 0.05) is 17.3 Å². The highest BCUT2D eigenvalue weighted by Gasteiger charge is 2.36. The number of carbonyl (C=O) groups is 2. The summed E-state index contributed by atoms with van der Waals surface area (Å²) in [6.45, 7) is 6.62. The van der Waals surface area contributed by atoms with Crippen LogP contribution in [-0.4, -0.2) is 23.0 Å². The molecule has 1 aliphatic carbocycles. The zero-order chi connectivity index (χ0) is 20.3. The lowest BCUT2D eigenvalue weighted by molar-refractivity contribution is -0.119. The number of aromatic carboxylic acids is 1. The molecule has 1 amide bonds. The van der Waals surface area contributed by atoms with Crippen LogP contribution in [0.4, 0.5) is 5.69 Å². The lowest BCUT2D eigenvalue weighted by Crippen LogP contribution is -2.44. The molecule has 0 radical (unpaired) electrons. The van der Waals surface area contributed by atoms with E-state index >= 15 is 0 Å². The van der Waals surface area contributed by atoms with E-state index in [-0.39, 0.29) is 17.4 Å². The molecule has 1 saturated carbocycles. The van der Waals surface area contributed by atoms with Crippen molar-refractivity contribution in [3.05, 3.63) is 15.8 Å². The van der Waals surface area contributed by atoms with E-state index in [0.29, 0.717) is 22.9 Å². The van der Waals surface area contributed by atoms with Crippen LogP contribution in [0.25, 0.3) is 0 Å². The van der Waals surface area contributed by atoms with Crippen molar-refractivity contribution in [2.75, 3.05) is 4.90 Å². The average molecular weight is 406 g/mol. The van der Waals surface area contributed by atoms with Crippen LogP contribution in [0, 0.1) is 11.3 Å². The molecule has 5 heteroatoms. The quantitative estimate of drug-likeness (QED) is 0.627. The predicted octanol–water partition coefficient (Wildman–Crippen LogP) is 6.28. The summed E-state index contributed by atoms with van der Waals surface area (Å²) >= 11 is 1.37. The minimum atomic E-state index is -0.901. The Labute approximate surface area is 173 Å². The Morgan fingerprint density at radius 2 is 1.82 bits per heavy atom. The number of aryl methyl sites for hydroxylation is 1. The van der Waals surface area contributed by atoms with Crippen LogP contribution in [0.1, 0.15) is 99.5 Å². The van der Waals surface area contributed by atoms with Crippen LogP contribution < -0.4 is 4.90 Å². The number of carboxylic acids is 1. The van der Waals surface area contributed by atoms with Crippen LogP contribution >= 0.6 is 11.3 Å². The molecule has 1 aromatic rings. The molecule has 28 heavy (non-hydrogen) atoms. The van der Waals surface area contributed by atoms with E-state index in [1.165, 1.54) is 30.6 Å². The minimum Gasteiger partial charge on any atom is -0.477 e. The van der Waals surface area contributed by atoms with E-state index in [9.17, 15) is 14.7 Å². The standard InChI is InChI=1S/C23H35NO3S/c1-23(2,3)14-13-17-15-19(21(28-17)22(26)27)24-18(11-7-8-12-20(24)25)16-9-5-4-6-10-16/h15-16,18H,4-14H2,1-3H3,(H,26,27)/t18-/m0/s1. The molecule has 1 aromatic heterocycles. The first-order valence-electron chi connectivity index (χ1n) is 10.9. The number of amides is 1. The molecule has 0 unspecified atom stereocenters. The molecule has 1 aliphatic heterocycles. The molecule has 2 heterocycles. The van der Waals surface area contributed by atoms with E-state index in [2.05, 4.69) is 20.8 Å². The number of hydrogen-bond donors (Lipinski definition) is 1. The molecule has 0 bridgehead atoms. The normalized spacial score (nSPS) is 22.3. The highest BCUT2D eigenvalue weighted by atomic mass is 32.1. The number of hydrogen-bond acceptors (Lipinski definition) is 3. The molecular formula is C23H35NO3S. The summed E-state index contributed by atoms with van der Waals surface area (Å²) in [5, 5.41) is 9.86. The molecule has 0 spiro atoms. The Balaban J connectivity index is 1.94. The van der Waals surface area contributed by atoms with Gasteiger partial charge in [0.1, 0.15) is 4.88 Å². The fourth-order valence-corrected chi connectivity index (χ4v) is 5.71. The Hall–Kier alpha value is -1.36. The maximum atomic E-state index is 13.1. The molecule has 1 atom stereocenters. The largest absolute Gasteiger partial charge is 0.477 e. The van der Waals surface area contributed by atoms with Crippen molar-refractivity contribution >= 4 is 28.9 Å². The van der Waals surface area contributed by atoms with Crippen LogP contribution in [0.15, 0.2) is 6.07 Å². The second kappa shape index (κ2) is 8.98. The van der Waals surface area contributed by atoms with Gasteiger partial charge in [-0.05, 0) is 55.9 Å². The Kier molecular flexibility index (Phi) is 6.85. The van der Waals surface area contributed by atoms with Gasteiger partial charge in [-0.25, -0.2) is 4.79 Å². The van der Waals surface area contributed by atoms with Crippen LogP contribution in [-0.2, 0) is 11.2 Å². The van der Waals surface area contributed by atoms with Gasteiger partial charge in [-0.15, -0.1) is 11.3 Å². The van der Waals surface area contributed by atoms with E-state index < -0.39 is 5.97 Å². The average Bonchev–Trinajstić information content (AvgIpc) is 2.97. The van der Waals surface area contributed by atoms with Crippen molar-refractivity contribution in [2.45, 2.75) is 97.4 Å². The van der Waals surface area contributed by atoms with Crippen LogP contribution in [0.5, 0.6) is 0 Å². The molecule has 0 aromatic carbocycles. The summed E-state index contributed by atoms with van der Waals surface area (Å²) in [4.78, 5) is 28.5. The van der Waals surface area contributed by atoms with Gasteiger partial charge < -0.3 is 10.0 Å². The van der Waals surface area contributed by atoms with Crippen LogP contribution in [0.2, 0.25) is 0 Å². The fourth-order valence-electron chi connectivity index (χ4n) is 4.73. The molecule has 1 N–H and O–H groups in total. The number of anilines is 1. The van der Waals surface area contributed by atoms with E-state index in [4.69, 9.17) is 0 Å². The lowest BCUT2D eigenvalue weighted by atomic mass is 9.81. The number of rotatable bonds is 5. The van der Waals surface area contributed by atoms with Gasteiger partial charge in [-0.2, -0.15) is 0 Å². The highest BCUT2D eigenvalue weighted by Crippen LogP contribution is 2.40. The fraction of sp³-hybridized carbons (Fsp3) is 0.739. The highest BCUT2D eigenvalue weighted by molar-refractivity contribution is 7.14. The van der Waals surface area contributed by atoms with Gasteiger partial charge in [-0.1, -0.05) is 46.5 Å². The predicted molar refractivity (Wildman–Crippen MR) is 115 cm³/mol. The maximum absolute atomic E-state index is 13.1. The molecule has 3 rings (SSSR count). The van der Waals surface area contributed by atoms with E-state index in [0.717, 1.165) is 49.8 Å². The molecule has 156 valence electrons. The van der Waals surface area contributed by atoms with Gasteiger partial charge in [0.2, 0.25) is 5.91 Å². The summed E-state index contributed by atoms with van der Waals surface area (Å²) < 4.78 is 0. The second-order valence-corrected chi connectivity index (χ2v) is 10.9. The molecule has 2 fully saturated rings. The molecule has 1 saturated heterocycles. The first-order valence-corrected chi connectivity index (χ1v) is 11.8. The Bertz CT molecular complexity index is 697. The van der Waals surface area contributed by atoms with Crippen molar-refractivity contribution in [1.29, 1.82) is 0 Å². The van der Waals surface area contributed by atoms with Crippen molar-refractivity contribution in [3.63, 3.8) is 0 Å². The molecular weight excluding hydrogens is 370 g/mol. The summed E-state index contributed by atoms with van der Waals surface area (Å²) in [6.07, 6.45) is 11.5. The van der Waals surface area contributed by atoms with Gasteiger partial charge in [-0.3, -0.25) is 4.79 Å². The SMILES string of the molecule is CC(C)(C)CCc1cc(N2C(=O)CCCC[C@H]2C2CCCCC2)c(C(=O)O)s1. The van der Waals surface area contributed by atoms with Crippen molar-refractivity contribution in [1.82, 2.24) is 0 Å². The summed E-state index contributed by atoms with van der Waals surface area (Å²) in [6, 6.07) is 2.18. The monoisotopic (exact) mass is 405 g/mol. The molecule has 2 aliphatic rings. The zero-order valence-electron chi connectivity index (χ0n) is 17.6. The number of nitrogens with zero attached hydrogens (tertiary/aromatic N) is 1. The van der Waals surface area contributed by atoms with E-state index in [1.807, 2.05) is 11.0 Å². The topological polar surface area (TPSA) is 57.6 Å². The lowest BCUT2D eigenvalue weighted by Gasteiger charge is -2.37. The third kappa shape index (κ3) is 5.16. The summed E-state index contributed by atoms with van der Waals surface area (Å²) in [5.41, 5.74) is 0.875. The zero-order valence-corrected chi connectivity index (χ0v) is 18.4. The van der Waals surface area contributed by atoms with Crippen molar-refractivity contribution in [3.8, 4) is 0 Å². The van der Waals surface area contributed by atoms with Gasteiger partial charge in [0.25, 0.3) is 0 Å². The summed E-state index contributed by atoms with van der Waals surface area (Å²) in [7, 11) is 0. The second-order valence-electron chi connectivity index (χ2n) is 9.77. The summed E-state index contributed by atoms with van der Waals surface area (Å²) in [5.74, 6) is -0.271. The van der Waals surface area contributed by atoms with Gasteiger partial charge in [0.15, 0.2) is 0 Å². The third-order valence-electron chi connectivity index (χ3n) is 6.27. The van der Waals surface area contributed by atoms with Crippen LogP contribution in [0.3, 0.4) is 0 Å². The van der Waals surface area contributed by atoms with Gasteiger partial charge >= 0.3 is 5.97 Å². The first kappa shape index (κ1) is 21.4. The Morgan fingerprint density at radius 3 is 2.46 bits per heavy atom. The van der Waals surface area contributed by atoms with Crippen molar-refractivity contribution in [2.24, 2.45) is 11.3 Å². The smallest absolute Gasteiger partial charge is 0.348 e. The number of carbonyl (C=O) groups excluding carboxylic acids is 1. The maximum Gasteiger partial charge on any atom is 0.348 e. The van der Waals surface area contributed by atoms with Crippen molar-refractivity contribution < 1.29 is 14.7 Å². The first-order chi connectivity index (χ1) is 13.3.